The van der Waals surface area contributed by atoms with E-state index in [4.69, 9.17) is 9.72 Å². The molecule has 0 aliphatic carbocycles. The van der Waals surface area contributed by atoms with E-state index in [1.807, 2.05) is 30.3 Å². The number of benzene rings is 1. The second kappa shape index (κ2) is 13.6. The number of nitrogens with one attached hydrogen (secondary N) is 2. The van der Waals surface area contributed by atoms with Gasteiger partial charge in [-0.3, -0.25) is 4.79 Å². The summed E-state index contributed by atoms with van der Waals surface area (Å²) >= 11 is 0. The predicted molar refractivity (Wildman–Crippen MR) is 189 cm³/mol. The number of carbonyl (C=O) groups is 2. The Kier molecular flexibility index (Phi) is 9.63. The molecule has 3 aromatic rings. The molecule has 2 atom stereocenters. The lowest BCUT2D eigenvalue weighted by molar-refractivity contribution is 0.0799. The number of hydrogen-bond acceptors (Lipinski definition) is 9. The Hall–Kier alpha value is -4.19. The Morgan fingerprint density at radius 1 is 0.959 bits per heavy atom. The number of nitrogens with zero attached hydrogens (tertiary/aromatic N) is 4. The summed E-state index contributed by atoms with van der Waals surface area (Å²) in [6.45, 7) is 12.6. The second-order valence-corrected chi connectivity index (χ2v) is 16.9. The van der Waals surface area contributed by atoms with E-state index in [0.29, 0.717) is 37.2 Å². The van der Waals surface area contributed by atoms with Crippen molar-refractivity contribution in [1.29, 1.82) is 0 Å². The van der Waals surface area contributed by atoms with Crippen molar-refractivity contribution >= 4 is 33.7 Å². The normalized spacial score (nSPS) is 22.6. The van der Waals surface area contributed by atoms with E-state index in [2.05, 4.69) is 54.5 Å². The first-order valence-electron chi connectivity index (χ1n) is 17.3. The smallest absolute Gasteiger partial charge is 0.410 e. The third-order valence-electron chi connectivity index (χ3n) is 10.1. The van der Waals surface area contributed by atoms with Crippen LogP contribution in [0.25, 0.3) is 0 Å². The predicted octanol–water partition coefficient (Wildman–Crippen LogP) is 6.12. The van der Waals surface area contributed by atoms with Crippen LogP contribution in [0.5, 0.6) is 0 Å². The van der Waals surface area contributed by atoms with Gasteiger partial charge in [0.05, 0.1) is 5.56 Å². The molecule has 0 saturated carbocycles. The first-order chi connectivity index (χ1) is 23.2. The molecule has 11 nitrogen and oxygen atoms in total. The monoisotopic (exact) mass is 688 g/mol. The number of carbonyl (C=O) groups excluding carboxylic acids is 2. The maximum Gasteiger partial charge on any atom is 0.410 e. The van der Waals surface area contributed by atoms with Gasteiger partial charge in [0.25, 0.3) is 15.9 Å². The lowest BCUT2D eigenvalue weighted by Crippen LogP contribution is -2.43. The zero-order valence-electron chi connectivity index (χ0n) is 29.1. The average Bonchev–Trinajstić information content (AvgIpc) is 3.38. The van der Waals surface area contributed by atoms with Crippen molar-refractivity contribution in [2.45, 2.75) is 95.4 Å². The number of fused-ring (bicyclic) bond motifs is 6. The highest BCUT2D eigenvalue weighted by Gasteiger charge is 2.42. The Morgan fingerprint density at radius 2 is 1.69 bits per heavy atom. The van der Waals surface area contributed by atoms with Gasteiger partial charge >= 0.3 is 6.09 Å². The molecule has 5 heterocycles. The minimum absolute atomic E-state index is 0.00253. The van der Waals surface area contributed by atoms with Crippen LogP contribution in [-0.4, -0.2) is 66.5 Å². The first kappa shape index (κ1) is 34.7. The van der Waals surface area contributed by atoms with Crippen LogP contribution >= 0.6 is 0 Å². The van der Waals surface area contributed by atoms with Gasteiger partial charge in [-0.05, 0) is 87.6 Å². The van der Waals surface area contributed by atoms with Gasteiger partial charge in [0.2, 0.25) is 0 Å². The summed E-state index contributed by atoms with van der Waals surface area (Å²) in [6.07, 6.45) is 3.92. The van der Waals surface area contributed by atoms with Gasteiger partial charge in [-0.1, -0.05) is 57.2 Å². The number of aromatic nitrogens is 2. The standard InChI is InChI=1S/C37H48N6O5S/c1-36(2,3)30-17-15-28-33(39-30)43-23-26(22-37(43,4)5)14-16-29(38-31-12-9-13-32(40-31)49(46,47)41-34(28)44)27-18-20-42(21-19-27)35(45)48-24-25-10-7-6-8-11-25/h6-13,15,17,26-27,29H,14,16,18-24H2,1-5H3,(H,38,40)(H,41,44)/t26-,29?/m0/s1. The molecule has 2 saturated heterocycles. The van der Waals surface area contributed by atoms with Gasteiger partial charge in [-0.15, -0.1) is 0 Å². The van der Waals surface area contributed by atoms with Crippen LogP contribution in [-0.2, 0) is 26.8 Å². The lowest BCUT2D eigenvalue weighted by atomic mass is 9.84. The van der Waals surface area contributed by atoms with Gasteiger partial charge in [0.15, 0.2) is 5.03 Å². The molecular weight excluding hydrogens is 641 g/mol. The zero-order valence-corrected chi connectivity index (χ0v) is 29.9. The zero-order chi connectivity index (χ0) is 35.0. The number of piperidine rings is 1. The van der Waals surface area contributed by atoms with Gasteiger partial charge in [0.1, 0.15) is 18.2 Å². The molecule has 12 heteroatoms. The quantitative estimate of drug-likeness (QED) is 0.334. The molecule has 4 bridgehead atoms. The molecule has 262 valence electrons. The number of hydrogen-bond donors (Lipinski definition) is 2. The van der Waals surface area contributed by atoms with E-state index < -0.39 is 15.9 Å². The van der Waals surface area contributed by atoms with E-state index in [1.165, 1.54) is 6.07 Å². The van der Waals surface area contributed by atoms with Crippen LogP contribution in [0.2, 0.25) is 0 Å². The molecule has 2 N–H and O–H groups in total. The highest BCUT2D eigenvalue weighted by Crippen LogP contribution is 2.41. The molecule has 1 unspecified atom stereocenters. The van der Waals surface area contributed by atoms with Crippen LogP contribution in [0.1, 0.15) is 88.3 Å². The van der Waals surface area contributed by atoms with Crippen LogP contribution < -0.4 is 14.9 Å². The van der Waals surface area contributed by atoms with Crippen LogP contribution in [0.15, 0.2) is 65.7 Å². The molecule has 0 radical (unpaired) electrons. The largest absolute Gasteiger partial charge is 0.445 e. The first-order valence-corrected chi connectivity index (χ1v) is 18.7. The number of likely N-dealkylation sites (tertiary alicyclic amines) is 1. The number of amides is 2. The Balaban J connectivity index is 1.26. The van der Waals surface area contributed by atoms with E-state index in [1.54, 1.807) is 29.2 Å². The number of rotatable bonds is 3. The topological polar surface area (TPSA) is 134 Å². The van der Waals surface area contributed by atoms with E-state index in [0.717, 1.165) is 43.4 Å². The van der Waals surface area contributed by atoms with Crippen molar-refractivity contribution in [2.75, 3.05) is 29.9 Å². The molecule has 0 spiro atoms. The fourth-order valence-electron chi connectivity index (χ4n) is 7.40. The van der Waals surface area contributed by atoms with Crippen molar-refractivity contribution in [3.63, 3.8) is 0 Å². The fourth-order valence-corrected chi connectivity index (χ4v) is 8.34. The number of sulfonamides is 1. The number of anilines is 2. The van der Waals surface area contributed by atoms with Crippen molar-refractivity contribution in [3.05, 3.63) is 77.5 Å². The van der Waals surface area contributed by atoms with E-state index >= 15 is 0 Å². The van der Waals surface area contributed by atoms with Gasteiger partial charge in [0, 0.05) is 42.3 Å². The Labute approximate surface area is 289 Å². The second-order valence-electron chi connectivity index (χ2n) is 15.3. The van der Waals surface area contributed by atoms with E-state index in [9.17, 15) is 18.0 Å². The van der Waals surface area contributed by atoms with Crippen molar-refractivity contribution in [3.8, 4) is 0 Å². The lowest BCUT2D eigenvalue weighted by Gasteiger charge is -2.36. The van der Waals surface area contributed by atoms with Gasteiger partial charge < -0.3 is 19.9 Å². The maximum absolute atomic E-state index is 13.7. The highest BCUT2D eigenvalue weighted by molar-refractivity contribution is 7.90. The number of pyridine rings is 2. The summed E-state index contributed by atoms with van der Waals surface area (Å²) in [4.78, 5) is 40.0. The van der Waals surface area contributed by atoms with Crippen LogP contribution in [0.3, 0.4) is 0 Å². The van der Waals surface area contributed by atoms with Crippen molar-refractivity contribution < 1.29 is 22.7 Å². The molecule has 1 aromatic carbocycles. The Bertz CT molecular complexity index is 1780. The molecule has 3 aliphatic heterocycles. The number of ether oxygens (including phenoxy) is 1. The maximum atomic E-state index is 13.7. The van der Waals surface area contributed by atoms with Gasteiger partial charge in [-0.2, -0.15) is 8.42 Å². The minimum Gasteiger partial charge on any atom is -0.445 e. The molecule has 2 aromatic heterocycles. The summed E-state index contributed by atoms with van der Waals surface area (Å²) < 4.78 is 35.0. The van der Waals surface area contributed by atoms with Crippen LogP contribution in [0.4, 0.5) is 16.4 Å². The fraction of sp³-hybridized carbons (Fsp3) is 0.514. The highest BCUT2D eigenvalue weighted by atomic mass is 32.2. The van der Waals surface area contributed by atoms with Crippen molar-refractivity contribution in [1.82, 2.24) is 19.6 Å². The van der Waals surface area contributed by atoms with E-state index in [-0.39, 0.29) is 46.2 Å². The summed E-state index contributed by atoms with van der Waals surface area (Å²) in [7, 11) is -4.29. The third-order valence-corrected chi connectivity index (χ3v) is 11.4. The van der Waals surface area contributed by atoms with Crippen LogP contribution in [0, 0.1) is 11.8 Å². The van der Waals surface area contributed by atoms with Crippen molar-refractivity contribution in [2.24, 2.45) is 11.8 Å². The Morgan fingerprint density at radius 3 is 2.41 bits per heavy atom. The molecule has 3 aliphatic rings. The average molecular weight is 689 g/mol. The summed E-state index contributed by atoms with van der Waals surface area (Å²) in [5.41, 5.74) is 1.42. The summed E-state index contributed by atoms with van der Waals surface area (Å²) in [6, 6.07) is 17.9. The summed E-state index contributed by atoms with van der Waals surface area (Å²) in [5.74, 6) is 0.772. The van der Waals surface area contributed by atoms with Gasteiger partial charge in [-0.25, -0.2) is 19.5 Å². The SMILES string of the molecule is CC(C)(C)c1ccc2c(n1)N1C[C@@H](CCC(C3CCN(C(=O)OCc4ccccc4)CC3)Nc3cccc(n3)S(=O)(=O)NC2=O)CC1(C)C. The third kappa shape index (κ3) is 7.84. The minimum atomic E-state index is -4.29. The molecule has 6 rings (SSSR count). The molecular formula is C37H48N6O5S. The summed E-state index contributed by atoms with van der Waals surface area (Å²) in [5, 5.41) is 3.33. The molecule has 2 fully saturated rings. The molecule has 49 heavy (non-hydrogen) atoms. The molecule has 2 amide bonds.